The van der Waals surface area contributed by atoms with Crippen LogP contribution in [-0.2, 0) is 6.42 Å². The molecule has 2 heterocycles. The maximum Gasteiger partial charge on any atom is 0.199 e. The van der Waals surface area contributed by atoms with Crippen molar-refractivity contribution in [1.82, 2.24) is 20.2 Å². The third-order valence-corrected chi connectivity index (χ3v) is 2.54. The fourth-order valence-corrected chi connectivity index (χ4v) is 1.63. The van der Waals surface area contributed by atoms with Gasteiger partial charge in [0.1, 0.15) is 11.5 Å². The number of nitrogens with zero attached hydrogens (tertiary/aromatic N) is 3. The smallest absolute Gasteiger partial charge is 0.199 e. The molecule has 0 aliphatic rings. The quantitative estimate of drug-likeness (QED) is 0.739. The number of pyridine rings is 1. The van der Waals surface area contributed by atoms with Gasteiger partial charge in [0.2, 0.25) is 0 Å². The second-order valence-corrected chi connectivity index (χ2v) is 3.92. The van der Waals surface area contributed by atoms with Gasteiger partial charge in [-0.3, -0.25) is 10.1 Å². The van der Waals surface area contributed by atoms with Crippen molar-refractivity contribution in [3.05, 3.63) is 30.2 Å². The van der Waals surface area contributed by atoms with Gasteiger partial charge in [0.25, 0.3) is 0 Å². The Morgan fingerprint density at radius 2 is 2.12 bits per heavy atom. The number of hydrogen-bond donors (Lipinski definition) is 2. The van der Waals surface area contributed by atoms with Crippen molar-refractivity contribution in [3.8, 4) is 11.5 Å². The van der Waals surface area contributed by atoms with Crippen LogP contribution < -0.4 is 5.73 Å². The Hall–Kier alpha value is -1.75. The first-order valence-corrected chi connectivity index (χ1v) is 5.93. The lowest BCUT2D eigenvalue weighted by molar-refractivity contribution is 0.670. The molecule has 17 heavy (non-hydrogen) atoms. The van der Waals surface area contributed by atoms with Gasteiger partial charge < -0.3 is 5.73 Å². The van der Waals surface area contributed by atoms with Gasteiger partial charge >= 0.3 is 0 Å². The zero-order valence-corrected chi connectivity index (χ0v) is 9.76. The molecule has 0 aliphatic carbocycles. The average molecular weight is 231 g/mol. The molecule has 3 N–H and O–H groups in total. The van der Waals surface area contributed by atoms with Gasteiger partial charge in [-0.05, 0) is 31.5 Å². The normalized spacial score (nSPS) is 10.6. The number of nitrogens with two attached hydrogens (primary N) is 1. The Morgan fingerprint density at radius 3 is 2.88 bits per heavy atom. The summed E-state index contributed by atoms with van der Waals surface area (Å²) in [6, 6.07) is 5.71. The van der Waals surface area contributed by atoms with Gasteiger partial charge in [-0.1, -0.05) is 12.5 Å². The molecule has 2 rings (SSSR count). The Kier molecular flexibility index (Phi) is 4.21. The third-order valence-electron chi connectivity index (χ3n) is 2.54. The van der Waals surface area contributed by atoms with Crippen LogP contribution >= 0.6 is 0 Å². The van der Waals surface area contributed by atoms with Crippen molar-refractivity contribution in [1.29, 1.82) is 0 Å². The lowest BCUT2D eigenvalue weighted by Gasteiger charge is -1.95. The molecule has 0 radical (unpaired) electrons. The summed E-state index contributed by atoms with van der Waals surface area (Å²) in [4.78, 5) is 8.63. The number of nitrogens with one attached hydrogen (secondary N) is 1. The minimum absolute atomic E-state index is 0.666. The lowest BCUT2D eigenvalue weighted by atomic mass is 10.2. The Bertz CT molecular complexity index is 437. The number of H-pyrrole nitrogens is 1. The molecule has 0 saturated heterocycles. The second kappa shape index (κ2) is 6.10. The molecular formula is C12H17N5. The lowest BCUT2D eigenvalue weighted by Crippen LogP contribution is -1.98. The molecule has 0 fully saturated rings. The summed E-state index contributed by atoms with van der Waals surface area (Å²) in [5, 5.41) is 7.11. The van der Waals surface area contributed by atoms with E-state index in [9.17, 15) is 0 Å². The predicted octanol–water partition coefficient (Wildman–Crippen LogP) is 1.54. The fraction of sp³-hybridized carbons (Fsp3) is 0.417. The molecule has 5 heteroatoms. The number of aromatic nitrogens is 4. The van der Waals surface area contributed by atoms with Crippen LogP contribution in [0.1, 0.15) is 25.1 Å². The molecule has 0 unspecified atom stereocenters. The van der Waals surface area contributed by atoms with E-state index < -0.39 is 0 Å². The van der Waals surface area contributed by atoms with Crippen molar-refractivity contribution in [2.24, 2.45) is 5.73 Å². The number of unbranched alkanes of at least 4 members (excludes halogenated alkanes) is 2. The molecule has 0 atom stereocenters. The first-order valence-electron chi connectivity index (χ1n) is 5.93. The second-order valence-electron chi connectivity index (χ2n) is 3.92. The highest BCUT2D eigenvalue weighted by atomic mass is 15.2. The van der Waals surface area contributed by atoms with Crippen LogP contribution in [-0.4, -0.2) is 26.7 Å². The van der Waals surface area contributed by atoms with Gasteiger partial charge in [-0.2, -0.15) is 5.10 Å². The number of hydrogen-bond acceptors (Lipinski definition) is 4. The Labute approximate surface area is 100 Å². The van der Waals surface area contributed by atoms with Crippen LogP contribution in [0.4, 0.5) is 0 Å². The summed E-state index contributed by atoms with van der Waals surface area (Å²) in [5.74, 6) is 1.59. The van der Waals surface area contributed by atoms with E-state index in [1.807, 2.05) is 18.2 Å². The topological polar surface area (TPSA) is 80.5 Å². The number of rotatable bonds is 6. The minimum Gasteiger partial charge on any atom is -0.330 e. The summed E-state index contributed by atoms with van der Waals surface area (Å²) in [6.45, 7) is 0.760. The van der Waals surface area contributed by atoms with E-state index in [0.717, 1.165) is 43.7 Å². The molecule has 0 bridgehead atoms. The van der Waals surface area contributed by atoms with Crippen molar-refractivity contribution >= 4 is 0 Å². The molecule has 5 nitrogen and oxygen atoms in total. The summed E-state index contributed by atoms with van der Waals surface area (Å²) in [5.41, 5.74) is 6.25. The summed E-state index contributed by atoms with van der Waals surface area (Å²) in [7, 11) is 0. The highest BCUT2D eigenvalue weighted by molar-refractivity contribution is 5.47. The zero-order chi connectivity index (χ0) is 11.9. The van der Waals surface area contributed by atoms with E-state index in [2.05, 4.69) is 20.2 Å². The van der Waals surface area contributed by atoms with Crippen molar-refractivity contribution in [2.75, 3.05) is 6.54 Å². The van der Waals surface area contributed by atoms with E-state index in [1.54, 1.807) is 6.20 Å². The SMILES string of the molecule is NCCCCCc1nc(-c2ccccn2)n[nH]1. The van der Waals surface area contributed by atoms with E-state index in [-0.39, 0.29) is 0 Å². The zero-order valence-electron chi connectivity index (χ0n) is 9.76. The van der Waals surface area contributed by atoms with Crippen LogP contribution in [0.3, 0.4) is 0 Å². The van der Waals surface area contributed by atoms with E-state index in [1.165, 1.54) is 0 Å². The molecule has 0 amide bonds. The van der Waals surface area contributed by atoms with Crippen molar-refractivity contribution in [3.63, 3.8) is 0 Å². The van der Waals surface area contributed by atoms with Crippen LogP contribution in [0.15, 0.2) is 24.4 Å². The Morgan fingerprint density at radius 1 is 1.18 bits per heavy atom. The molecule has 0 aliphatic heterocycles. The van der Waals surface area contributed by atoms with Crippen molar-refractivity contribution < 1.29 is 0 Å². The van der Waals surface area contributed by atoms with Crippen LogP contribution in [0.2, 0.25) is 0 Å². The maximum atomic E-state index is 5.44. The van der Waals surface area contributed by atoms with Gasteiger partial charge in [0.15, 0.2) is 5.82 Å². The minimum atomic E-state index is 0.666. The van der Waals surface area contributed by atoms with Crippen molar-refractivity contribution in [2.45, 2.75) is 25.7 Å². The number of aryl methyl sites for hydroxylation is 1. The predicted molar refractivity (Wildman–Crippen MR) is 66.2 cm³/mol. The Balaban J connectivity index is 1.92. The van der Waals surface area contributed by atoms with Crippen LogP contribution in [0.5, 0.6) is 0 Å². The first-order chi connectivity index (χ1) is 8.40. The van der Waals surface area contributed by atoms with Gasteiger partial charge in [-0.25, -0.2) is 4.98 Å². The molecule has 0 spiro atoms. The van der Waals surface area contributed by atoms with E-state index in [4.69, 9.17) is 5.73 Å². The summed E-state index contributed by atoms with van der Waals surface area (Å²) >= 11 is 0. The average Bonchev–Trinajstić information content (AvgIpc) is 2.85. The number of aromatic amines is 1. The summed E-state index contributed by atoms with van der Waals surface area (Å²) < 4.78 is 0. The highest BCUT2D eigenvalue weighted by Crippen LogP contribution is 2.11. The van der Waals surface area contributed by atoms with Gasteiger partial charge in [-0.15, -0.1) is 0 Å². The van der Waals surface area contributed by atoms with Crippen LogP contribution in [0, 0.1) is 0 Å². The van der Waals surface area contributed by atoms with Gasteiger partial charge in [0, 0.05) is 12.6 Å². The van der Waals surface area contributed by atoms with Gasteiger partial charge in [0.05, 0.1) is 0 Å². The molecule has 0 aromatic carbocycles. The van der Waals surface area contributed by atoms with E-state index in [0.29, 0.717) is 5.82 Å². The molecule has 0 saturated carbocycles. The highest BCUT2D eigenvalue weighted by Gasteiger charge is 2.05. The summed E-state index contributed by atoms with van der Waals surface area (Å²) in [6.07, 6.45) is 5.96. The standard InChI is InChI=1S/C12H17N5/c13-8-4-1-2-7-11-15-12(17-16-11)10-6-3-5-9-14-10/h3,5-6,9H,1-2,4,7-8,13H2,(H,15,16,17). The monoisotopic (exact) mass is 231 g/mol. The third kappa shape index (κ3) is 3.35. The molecule has 2 aromatic rings. The maximum absolute atomic E-state index is 5.44. The largest absolute Gasteiger partial charge is 0.330 e. The molecule has 90 valence electrons. The molecule has 2 aromatic heterocycles. The van der Waals surface area contributed by atoms with E-state index >= 15 is 0 Å². The fourth-order valence-electron chi connectivity index (χ4n) is 1.63. The molecular weight excluding hydrogens is 214 g/mol. The first kappa shape index (κ1) is 11.7. The van der Waals surface area contributed by atoms with Crippen LogP contribution in [0.25, 0.3) is 11.5 Å².